The minimum absolute atomic E-state index is 0.159. The third-order valence-electron chi connectivity index (χ3n) is 3.89. The molecule has 1 heterocycles. The van der Waals surface area contributed by atoms with Crippen molar-refractivity contribution in [3.05, 3.63) is 63.5 Å². The smallest absolute Gasteiger partial charge is 0.293 e. The van der Waals surface area contributed by atoms with Gasteiger partial charge in [0.1, 0.15) is 11.5 Å². The van der Waals surface area contributed by atoms with E-state index in [1.54, 1.807) is 0 Å². The number of benzene rings is 2. The van der Waals surface area contributed by atoms with Crippen molar-refractivity contribution < 1.29 is 9.72 Å². The van der Waals surface area contributed by atoms with Crippen LogP contribution in [0.2, 0.25) is 0 Å². The van der Waals surface area contributed by atoms with Crippen LogP contribution in [-0.4, -0.2) is 27.8 Å². The third-order valence-corrected chi connectivity index (χ3v) is 3.89. The number of nitrogens with one attached hydrogen (secondary N) is 3. The molecule has 0 unspecified atom stereocenters. The fourth-order valence-electron chi connectivity index (χ4n) is 2.61. The molecule has 3 N–H and O–H groups in total. The number of nitro groups is 1. The molecule has 3 rings (SSSR count). The molecule has 0 fully saturated rings. The number of hydrogen-bond donors (Lipinski definition) is 3. The molecule has 1 aromatic heterocycles. The molecular weight excluding hydrogens is 322 g/mol. The highest BCUT2D eigenvalue weighted by Crippen LogP contribution is 2.26. The monoisotopic (exact) mass is 339 g/mol. The van der Waals surface area contributed by atoms with Crippen molar-refractivity contribution >= 4 is 28.3 Å². The number of imidazole rings is 1. The van der Waals surface area contributed by atoms with E-state index in [-0.39, 0.29) is 17.2 Å². The molecular formula is C17H17N5O3. The molecule has 0 aliphatic carbocycles. The second-order valence-corrected chi connectivity index (χ2v) is 5.58. The van der Waals surface area contributed by atoms with Crippen molar-refractivity contribution in [3.8, 4) is 0 Å². The lowest BCUT2D eigenvalue weighted by atomic mass is 10.1. The maximum Gasteiger partial charge on any atom is 0.293 e. The van der Waals surface area contributed by atoms with Crippen molar-refractivity contribution in [1.82, 2.24) is 15.3 Å². The SMILES string of the molecule is CNC(=O)c1ccc(NCc2nc3c(C)cccc3[nH]2)c([N+](=O)[O-])c1. The summed E-state index contributed by atoms with van der Waals surface area (Å²) in [5, 5.41) is 16.7. The number of para-hydroxylation sites is 1. The molecule has 0 atom stereocenters. The zero-order valence-electron chi connectivity index (χ0n) is 13.8. The largest absolute Gasteiger partial charge is 0.372 e. The first-order valence-corrected chi connectivity index (χ1v) is 7.68. The predicted octanol–water partition coefficient (Wildman–Crippen LogP) is 2.75. The van der Waals surface area contributed by atoms with E-state index in [2.05, 4.69) is 20.6 Å². The van der Waals surface area contributed by atoms with Gasteiger partial charge in [-0.15, -0.1) is 0 Å². The lowest BCUT2D eigenvalue weighted by molar-refractivity contribution is -0.384. The molecule has 0 saturated carbocycles. The first kappa shape index (κ1) is 16.4. The van der Waals surface area contributed by atoms with Crippen LogP contribution in [0.5, 0.6) is 0 Å². The summed E-state index contributed by atoms with van der Waals surface area (Å²) in [7, 11) is 1.48. The Morgan fingerprint density at radius 3 is 2.80 bits per heavy atom. The molecule has 8 heteroatoms. The van der Waals surface area contributed by atoms with Gasteiger partial charge in [0.2, 0.25) is 0 Å². The number of anilines is 1. The number of carbonyl (C=O) groups is 1. The standard InChI is InChI=1S/C17H17N5O3/c1-10-4-3-5-13-16(10)21-15(20-13)9-19-12-7-6-11(17(23)18-2)8-14(12)22(24)25/h3-8,19H,9H2,1-2H3,(H,18,23)(H,20,21). The highest BCUT2D eigenvalue weighted by Gasteiger charge is 2.17. The number of aromatic amines is 1. The van der Waals surface area contributed by atoms with Crippen LogP contribution in [0.3, 0.4) is 0 Å². The molecule has 128 valence electrons. The van der Waals surface area contributed by atoms with E-state index in [1.807, 2.05) is 25.1 Å². The van der Waals surface area contributed by atoms with Gasteiger partial charge in [0.25, 0.3) is 11.6 Å². The van der Waals surface area contributed by atoms with E-state index in [1.165, 1.54) is 25.2 Å². The number of aromatic nitrogens is 2. The predicted molar refractivity (Wildman–Crippen MR) is 94.6 cm³/mol. The lowest BCUT2D eigenvalue weighted by Gasteiger charge is -2.07. The lowest BCUT2D eigenvalue weighted by Crippen LogP contribution is -2.18. The summed E-state index contributed by atoms with van der Waals surface area (Å²) in [6.07, 6.45) is 0. The number of amides is 1. The van der Waals surface area contributed by atoms with Crippen LogP contribution in [0.15, 0.2) is 36.4 Å². The van der Waals surface area contributed by atoms with E-state index in [9.17, 15) is 14.9 Å². The number of carbonyl (C=O) groups excluding carboxylic acids is 1. The summed E-state index contributed by atoms with van der Waals surface area (Å²) in [6.45, 7) is 2.27. The summed E-state index contributed by atoms with van der Waals surface area (Å²) in [6, 6.07) is 10.2. The van der Waals surface area contributed by atoms with Gasteiger partial charge in [0, 0.05) is 18.7 Å². The number of H-pyrrole nitrogens is 1. The maximum atomic E-state index is 11.6. The fourth-order valence-corrected chi connectivity index (χ4v) is 2.61. The number of hydrogen-bond acceptors (Lipinski definition) is 5. The van der Waals surface area contributed by atoms with Crippen molar-refractivity contribution in [2.24, 2.45) is 0 Å². The van der Waals surface area contributed by atoms with Crippen molar-refractivity contribution in [1.29, 1.82) is 0 Å². The number of aryl methyl sites for hydroxylation is 1. The zero-order chi connectivity index (χ0) is 18.0. The van der Waals surface area contributed by atoms with Gasteiger partial charge in [0.05, 0.1) is 22.5 Å². The van der Waals surface area contributed by atoms with E-state index in [0.29, 0.717) is 18.1 Å². The van der Waals surface area contributed by atoms with E-state index >= 15 is 0 Å². The second-order valence-electron chi connectivity index (χ2n) is 5.58. The maximum absolute atomic E-state index is 11.6. The Morgan fingerprint density at radius 1 is 1.32 bits per heavy atom. The summed E-state index contributed by atoms with van der Waals surface area (Å²) >= 11 is 0. The molecule has 3 aromatic rings. The zero-order valence-corrected chi connectivity index (χ0v) is 13.8. The first-order valence-electron chi connectivity index (χ1n) is 7.68. The Labute approximate surface area is 143 Å². The molecule has 1 amide bonds. The minimum Gasteiger partial charge on any atom is -0.372 e. The topological polar surface area (TPSA) is 113 Å². The van der Waals surface area contributed by atoms with Gasteiger partial charge in [-0.05, 0) is 30.7 Å². The number of nitrogens with zero attached hydrogens (tertiary/aromatic N) is 2. The molecule has 0 aliphatic heterocycles. The molecule has 0 bridgehead atoms. The molecule has 8 nitrogen and oxygen atoms in total. The highest BCUT2D eigenvalue weighted by molar-refractivity contribution is 5.95. The summed E-state index contributed by atoms with van der Waals surface area (Å²) in [5.74, 6) is 0.302. The first-order chi connectivity index (χ1) is 12.0. The van der Waals surface area contributed by atoms with Gasteiger partial charge < -0.3 is 15.6 Å². The molecule has 0 aliphatic rings. The highest BCUT2D eigenvalue weighted by atomic mass is 16.6. The quantitative estimate of drug-likeness (QED) is 0.489. The van der Waals surface area contributed by atoms with Gasteiger partial charge in [-0.2, -0.15) is 0 Å². The molecule has 0 saturated heterocycles. The number of rotatable bonds is 5. The molecule has 25 heavy (non-hydrogen) atoms. The number of nitro benzene ring substituents is 1. The minimum atomic E-state index is -0.516. The Hall–Kier alpha value is -3.42. The van der Waals surface area contributed by atoms with Gasteiger partial charge in [-0.25, -0.2) is 4.98 Å². The van der Waals surface area contributed by atoms with Crippen molar-refractivity contribution in [2.75, 3.05) is 12.4 Å². The number of fused-ring (bicyclic) bond motifs is 1. The Morgan fingerprint density at radius 2 is 2.12 bits per heavy atom. The summed E-state index contributed by atoms with van der Waals surface area (Å²) in [5.41, 5.74) is 3.26. The van der Waals surface area contributed by atoms with Crippen LogP contribution in [0.1, 0.15) is 21.7 Å². The van der Waals surface area contributed by atoms with Gasteiger partial charge >= 0.3 is 0 Å². The summed E-state index contributed by atoms with van der Waals surface area (Å²) in [4.78, 5) is 30.1. The Balaban J connectivity index is 1.85. The van der Waals surface area contributed by atoms with Crippen molar-refractivity contribution in [2.45, 2.75) is 13.5 Å². The molecule has 2 aromatic carbocycles. The Bertz CT molecular complexity index is 964. The van der Waals surface area contributed by atoms with Crippen LogP contribution >= 0.6 is 0 Å². The normalized spacial score (nSPS) is 10.6. The molecule has 0 spiro atoms. The van der Waals surface area contributed by atoms with Crippen molar-refractivity contribution in [3.63, 3.8) is 0 Å². The van der Waals surface area contributed by atoms with Crippen LogP contribution in [0.4, 0.5) is 11.4 Å². The van der Waals surface area contributed by atoms with Crippen LogP contribution in [0.25, 0.3) is 11.0 Å². The van der Waals surface area contributed by atoms with Crippen LogP contribution in [0, 0.1) is 17.0 Å². The van der Waals surface area contributed by atoms with Crippen LogP contribution in [-0.2, 0) is 6.54 Å². The molecule has 0 radical (unpaired) electrons. The fraction of sp³-hybridized carbons (Fsp3) is 0.176. The van der Waals surface area contributed by atoms with Gasteiger partial charge in [-0.1, -0.05) is 12.1 Å². The average molecular weight is 339 g/mol. The van der Waals surface area contributed by atoms with Gasteiger partial charge in [-0.3, -0.25) is 14.9 Å². The van der Waals surface area contributed by atoms with E-state index in [4.69, 9.17) is 0 Å². The summed E-state index contributed by atoms with van der Waals surface area (Å²) < 4.78 is 0. The Kier molecular flexibility index (Phi) is 4.34. The second kappa shape index (κ2) is 6.60. The van der Waals surface area contributed by atoms with Crippen LogP contribution < -0.4 is 10.6 Å². The van der Waals surface area contributed by atoms with Gasteiger partial charge in [0.15, 0.2) is 0 Å². The van der Waals surface area contributed by atoms with E-state index in [0.717, 1.165) is 16.6 Å². The third kappa shape index (κ3) is 3.27. The average Bonchev–Trinajstić information content (AvgIpc) is 3.03. The van der Waals surface area contributed by atoms with E-state index < -0.39 is 4.92 Å².